The van der Waals surface area contributed by atoms with Crippen molar-refractivity contribution >= 4 is 28.8 Å². The first kappa shape index (κ1) is 29.6. The third-order valence-corrected chi connectivity index (χ3v) is 7.14. The molecule has 0 radical (unpaired) electrons. The number of pyridine rings is 2. The summed E-state index contributed by atoms with van der Waals surface area (Å²) in [7, 11) is 3.05. The Bertz CT molecular complexity index is 1480. The summed E-state index contributed by atoms with van der Waals surface area (Å²) >= 11 is 0. The molecule has 0 amide bonds. The Hall–Kier alpha value is -4.39. The van der Waals surface area contributed by atoms with E-state index in [0.717, 1.165) is 38.3 Å². The lowest BCUT2D eigenvalue weighted by molar-refractivity contribution is 0.0695. The summed E-state index contributed by atoms with van der Waals surface area (Å²) in [6.07, 6.45) is 4.91. The minimum absolute atomic E-state index is 0.0246. The van der Waals surface area contributed by atoms with Gasteiger partial charge in [0.25, 0.3) is 0 Å². The molecule has 1 aliphatic rings. The van der Waals surface area contributed by atoms with Crippen LogP contribution < -0.4 is 36.2 Å². The molecule has 1 saturated heterocycles. The third-order valence-electron chi connectivity index (χ3n) is 7.14. The molecule has 0 saturated carbocycles. The van der Waals surface area contributed by atoms with Gasteiger partial charge in [-0.25, -0.2) is 14.2 Å². The number of methoxy groups -OCH3 is 2. The fraction of sp³-hybridized carbons (Fsp3) is 0.429. The molecule has 1 unspecified atom stereocenters. The number of carbonyl (C=O) groups is 1. The van der Waals surface area contributed by atoms with Crippen molar-refractivity contribution in [2.24, 2.45) is 5.73 Å². The topological polar surface area (TPSA) is 168 Å². The van der Waals surface area contributed by atoms with Gasteiger partial charge < -0.3 is 40.4 Å². The van der Waals surface area contributed by atoms with Gasteiger partial charge in [0, 0.05) is 43.5 Å². The second-order valence-corrected chi connectivity index (χ2v) is 9.93. The number of carboxylic acids is 1. The first-order valence-corrected chi connectivity index (χ1v) is 13.5. The van der Waals surface area contributed by atoms with E-state index in [4.69, 9.17) is 20.6 Å². The monoisotopic (exact) mass is 569 g/mol. The lowest BCUT2D eigenvalue weighted by Crippen LogP contribution is -2.34. The number of aromatic carboxylic acids is 1. The van der Waals surface area contributed by atoms with Gasteiger partial charge in [-0.2, -0.15) is 0 Å². The molecule has 1 fully saturated rings. The fourth-order valence-corrected chi connectivity index (χ4v) is 5.01. The van der Waals surface area contributed by atoms with Crippen LogP contribution in [0.5, 0.6) is 11.5 Å². The standard InChI is InChI=1S/C28H36FN7O5/c1-40-19-7-6-17(23(12-19)41-2)14-36-16-21(27(38)39)24(37)20-13-22(29)26(34-25(20)36)35-11-8-18(15-35)32-9-4-3-5-10-33-28(30)31/h6-7,12-13,16,18,32H,3-5,8-11,14-15H2,1-2H3,(H,38,39)(H4,30,31,33). The van der Waals surface area contributed by atoms with Crippen LogP contribution in [0.2, 0.25) is 0 Å². The van der Waals surface area contributed by atoms with Gasteiger partial charge in [-0.05, 0) is 44.0 Å². The van der Waals surface area contributed by atoms with E-state index in [1.165, 1.54) is 20.4 Å². The van der Waals surface area contributed by atoms with E-state index < -0.39 is 22.8 Å². The number of aromatic nitrogens is 2. The van der Waals surface area contributed by atoms with Gasteiger partial charge in [-0.1, -0.05) is 6.42 Å². The van der Waals surface area contributed by atoms with Crippen LogP contribution in [0.25, 0.3) is 11.0 Å². The zero-order valence-corrected chi connectivity index (χ0v) is 23.2. The summed E-state index contributed by atoms with van der Waals surface area (Å²) in [5.41, 5.74) is 4.91. The molecule has 1 atom stereocenters. The largest absolute Gasteiger partial charge is 0.497 e. The van der Waals surface area contributed by atoms with Gasteiger partial charge >= 0.3 is 5.97 Å². The maximum Gasteiger partial charge on any atom is 0.341 e. The highest BCUT2D eigenvalue weighted by Crippen LogP contribution is 2.28. The first-order chi connectivity index (χ1) is 19.7. The average molecular weight is 570 g/mol. The number of benzene rings is 1. The third kappa shape index (κ3) is 7.04. The molecule has 220 valence electrons. The molecular weight excluding hydrogens is 533 g/mol. The van der Waals surface area contributed by atoms with Crippen molar-refractivity contribution in [3.05, 3.63) is 57.6 Å². The number of nitrogens with zero attached hydrogens (tertiary/aromatic N) is 3. The molecule has 4 rings (SSSR count). The number of unbranched alkanes of at least 4 members (excludes halogenated alkanes) is 2. The van der Waals surface area contributed by atoms with Crippen molar-refractivity contribution in [3.63, 3.8) is 0 Å². The molecule has 0 spiro atoms. The molecule has 2 aromatic heterocycles. The summed E-state index contributed by atoms with van der Waals surface area (Å²) in [5, 5.41) is 23.0. The number of carboxylic acid groups (broad SMARTS) is 1. The first-order valence-electron chi connectivity index (χ1n) is 13.5. The molecule has 0 aliphatic carbocycles. The predicted octanol–water partition coefficient (Wildman–Crippen LogP) is 2.12. The van der Waals surface area contributed by atoms with Gasteiger partial charge in [-0.15, -0.1) is 0 Å². The normalized spacial score (nSPS) is 14.8. The molecule has 1 aromatic carbocycles. The summed E-state index contributed by atoms with van der Waals surface area (Å²) in [6.45, 7) is 2.75. The summed E-state index contributed by atoms with van der Waals surface area (Å²) in [4.78, 5) is 31.3. The molecule has 12 nitrogen and oxygen atoms in total. The van der Waals surface area contributed by atoms with Crippen LogP contribution in [0, 0.1) is 11.2 Å². The summed E-state index contributed by atoms with van der Waals surface area (Å²) in [6, 6.07) is 6.48. The fourth-order valence-electron chi connectivity index (χ4n) is 5.01. The average Bonchev–Trinajstić information content (AvgIpc) is 3.42. The lowest BCUT2D eigenvalue weighted by Gasteiger charge is -2.21. The van der Waals surface area contributed by atoms with Gasteiger partial charge in [0.15, 0.2) is 17.6 Å². The van der Waals surface area contributed by atoms with Gasteiger partial charge in [-0.3, -0.25) is 10.2 Å². The molecular formula is C28H36FN7O5. The highest BCUT2D eigenvalue weighted by molar-refractivity contribution is 5.92. The Morgan fingerprint density at radius 1 is 1.22 bits per heavy atom. The quantitative estimate of drug-likeness (QED) is 0.117. The van der Waals surface area contributed by atoms with Crippen LogP contribution in [-0.4, -0.2) is 73.0 Å². The Labute approximate surface area is 236 Å². The molecule has 3 heterocycles. The number of nitrogens with one attached hydrogen (secondary N) is 3. The van der Waals surface area contributed by atoms with E-state index in [1.54, 1.807) is 22.8 Å². The van der Waals surface area contributed by atoms with Gasteiger partial charge in [0.2, 0.25) is 5.43 Å². The number of hydrogen-bond donors (Lipinski definition) is 5. The predicted molar refractivity (Wildman–Crippen MR) is 154 cm³/mol. The molecule has 0 bridgehead atoms. The Balaban J connectivity index is 1.56. The summed E-state index contributed by atoms with van der Waals surface area (Å²) in [5.74, 6) is -0.881. The van der Waals surface area contributed by atoms with E-state index in [9.17, 15) is 14.7 Å². The minimum atomic E-state index is -1.40. The number of halogens is 1. The zero-order chi connectivity index (χ0) is 29.5. The van der Waals surface area contributed by atoms with E-state index in [2.05, 4.69) is 15.6 Å². The minimum Gasteiger partial charge on any atom is -0.497 e. The maximum atomic E-state index is 15.4. The Kier molecular flexibility index (Phi) is 9.61. The zero-order valence-electron chi connectivity index (χ0n) is 23.2. The molecule has 41 heavy (non-hydrogen) atoms. The van der Waals surface area contributed by atoms with Crippen LogP contribution in [0.1, 0.15) is 41.6 Å². The van der Waals surface area contributed by atoms with E-state index in [-0.39, 0.29) is 35.4 Å². The van der Waals surface area contributed by atoms with Crippen LogP contribution in [-0.2, 0) is 6.54 Å². The van der Waals surface area contributed by atoms with Gasteiger partial charge in [0.05, 0.1) is 26.2 Å². The second kappa shape index (κ2) is 13.3. The Morgan fingerprint density at radius 2 is 2.00 bits per heavy atom. The van der Waals surface area contributed by atoms with Crippen LogP contribution in [0.15, 0.2) is 35.3 Å². The number of fused-ring (bicyclic) bond motifs is 1. The van der Waals surface area contributed by atoms with Crippen LogP contribution >= 0.6 is 0 Å². The van der Waals surface area contributed by atoms with E-state index in [0.29, 0.717) is 36.7 Å². The molecule has 13 heteroatoms. The highest BCUT2D eigenvalue weighted by atomic mass is 19.1. The lowest BCUT2D eigenvalue weighted by atomic mass is 10.1. The molecule has 3 aromatic rings. The number of rotatable bonds is 13. The Morgan fingerprint density at radius 3 is 2.71 bits per heavy atom. The van der Waals surface area contributed by atoms with Crippen molar-refractivity contribution in [2.75, 3.05) is 45.3 Å². The number of hydrogen-bond acceptors (Lipinski definition) is 8. The number of guanidine groups is 1. The van der Waals surface area contributed by atoms with Crippen LogP contribution in [0.4, 0.5) is 10.2 Å². The van der Waals surface area contributed by atoms with Gasteiger partial charge in [0.1, 0.15) is 22.7 Å². The number of anilines is 1. The van der Waals surface area contributed by atoms with Crippen molar-refractivity contribution < 1.29 is 23.8 Å². The van der Waals surface area contributed by atoms with Crippen LogP contribution in [0.3, 0.4) is 0 Å². The van der Waals surface area contributed by atoms with Crippen molar-refractivity contribution in [2.45, 2.75) is 38.3 Å². The van der Waals surface area contributed by atoms with E-state index in [1.807, 2.05) is 4.90 Å². The molecule has 1 aliphatic heterocycles. The summed E-state index contributed by atoms with van der Waals surface area (Å²) < 4.78 is 27.7. The van der Waals surface area contributed by atoms with Crippen molar-refractivity contribution in [1.29, 1.82) is 5.41 Å². The number of ether oxygens (including phenoxy) is 2. The van der Waals surface area contributed by atoms with Crippen molar-refractivity contribution in [1.82, 2.24) is 20.2 Å². The molecule has 6 N–H and O–H groups in total. The SMILES string of the molecule is COc1ccc(Cn2cc(C(=O)O)c(=O)c3cc(F)c(N4CCC(NCCCCCNC(=N)N)C4)nc32)c(OC)c1. The second-order valence-electron chi connectivity index (χ2n) is 9.93. The van der Waals surface area contributed by atoms with E-state index >= 15 is 4.39 Å². The maximum absolute atomic E-state index is 15.4. The van der Waals surface area contributed by atoms with Crippen molar-refractivity contribution in [3.8, 4) is 11.5 Å². The number of nitrogens with two attached hydrogens (primary N) is 1. The highest BCUT2D eigenvalue weighted by Gasteiger charge is 2.27. The smallest absolute Gasteiger partial charge is 0.341 e.